The van der Waals surface area contributed by atoms with Gasteiger partial charge in [-0.15, -0.1) is 0 Å². The van der Waals surface area contributed by atoms with Gasteiger partial charge in [-0.2, -0.15) is 0 Å². The third kappa shape index (κ3) is 4.50. The van der Waals surface area contributed by atoms with E-state index in [1.54, 1.807) is 4.90 Å². The maximum atomic E-state index is 12.4. The standard InChI is InChI=1S/C24H27N5O2/c1-3-22-25-17-19-20(26-22)8-9-21(27-11-5-4-6-12-27)24(19)29-15-13-28(14-16-29)23(31)10-7-18(2)30/h4-11,17H,3,12-16H2,1-2H3/b10-7+. The Hall–Kier alpha value is -3.48. The van der Waals surface area contributed by atoms with Crippen molar-refractivity contribution in [3.05, 3.63) is 60.7 Å². The molecular weight excluding hydrogens is 390 g/mol. The Morgan fingerprint density at radius 1 is 1.10 bits per heavy atom. The van der Waals surface area contributed by atoms with Crippen molar-refractivity contribution in [2.75, 3.05) is 42.5 Å². The van der Waals surface area contributed by atoms with Crippen LogP contribution in [0.15, 0.2) is 54.9 Å². The zero-order chi connectivity index (χ0) is 21.8. The summed E-state index contributed by atoms with van der Waals surface area (Å²) in [5.74, 6) is 0.593. The van der Waals surface area contributed by atoms with E-state index in [2.05, 4.69) is 46.1 Å². The van der Waals surface area contributed by atoms with Crippen molar-refractivity contribution in [2.45, 2.75) is 20.3 Å². The molecule has 0 aliphatic carbocycles. The number of rotatable bonds is 5. The minimum Gasteiger partial charge on any atom is -0.366 e. The Balaban J connectivity index is 1.65. The average Bonchev–Trinajstić information content (AvgIpc) is 2.82. The maximum absolute atomic E-state index is 12.4. The van der Waals surface area contributed by atoms with Crippen molar-refractivity contribution in [1.82, 2.24) is 14.9 Å². The molecule has 1 fully saturated rings. The second-order valence-electron chi connectivity index (χ2n) is 7.68. The molecular formula is C24H27N5O2. The number of carbonyl (C=O) groups excluding carboxylic acids is 2. The highest BCUT2D eigenvalue weighted by molar-refractivity contribution is 6.00. The molecule has 0 bridgehead atoms. The van der Waals surface area contributed by atoms with Crippen LogP contribution in [0.25, 0.3) is 10.9 Å². The lowest BCUT2D eigenvalue weighted by Crippen LogP contribution is -2.48. The number of fused-ring (bicyclic) bond motifs is 1. The predicted octanol–water partition coefficient (Wildman–Crippen LogP) is 2.88. The van der Waals surface area contributed by atoms with Gasteiger partial charge in [0.1, 0.15) is 5.82 Å². The third-order valence-corrected chi connectivity index (χ3v) is 5.57. The van der Waals surface area contributed by atoms with Crippen molar-refractivity contribution >= 4 is 34.0 Å². The van der Waals surface area contributed by atoms with Gasteiger partial charge < -0.3 is 14.7 Å². The first-order valence-electron chi connectivity index (χ1n) is 10.7. The fraction of sp³-hybridized carbons (Fsp3) is 0.333. The van der Waals surface area contributed by atoms with E-state index in [9.17, 15) is 9.59 Å². The summed E-state index contributed by atoms with van der Waals surface area (Å²) in [5, 5.41) is 1.02. The molecule has 2 aliphatic heterocycles. The van der Waals surface area contributed by atoms with Gasteiger partial charge in [-0.05, 0) is 31.2 Å². The van der Waals surface area contributed by atoms with Gasteiger partial charge in [-0.25, -0.2) is 9.97 Å². The molecule has 7 heteroatoms. The Bertz CT molecular complexity index is 1080. The number of anilines is 2. The average molecular weight is 418 g/mol. The number of allylic oxidation sites excluding steroid dienone is 3. The van der Waals surface area contributed by atoms with Gasteiger partial charge in [0.2, 0.25) is 5.91 Å². The van der Waals surface area contributed by atoms with Crippen molar-refractivity contribution in [1.29, 1.82) is 0 Å². The molecule has 1 aromatic carbocycles. The van der Waals surface area contributed by atoms with E-state index >= 15 is 0 Å². The van der Waals surface area contributed by atoms with E-state index < -0.39 is 0 Å². The number of ketones is 1. The number of hydrogen-bond donors (Lipinski definition) is 0. The maximum Gasteiger partial charge on any atom is 0.246 e. The first-order valence-corrected chi connectivity index (χ1v) is 10.7. The number of nitrogens with zero attached hydrogens (tertiary/aromatic N) is 5. The summed E-state index contributed by atoms with van der Waals surface area (Å²) in [6, 6.07) is 4.19. The zero-order valence-electron chi connectivity index (χ0n) is 18.0. The fourth-order valence-electron chi connectivity index (χ4n) is 3.94. The molecule has 0 saturated carbocycles. The Labute approximate surface area is 182 Å². The van der Waals surface area contributed by atoms with Crippen LogP contribution in [-0.4, -0.2) is 59.3 Å². The summed E-state index contributed by atoms with van der Waals surface area (Å²) in [5.41, 5.74) is 3.15. The quantitative estimate of drug-likeness (QED) is 0.697. The minimum absolute atomic E-state index is 0.118. The van der Waals surface area contributed by atoms with Gasteiger partial charge in [0.15, 0.2) is 5.78 Å². The summed E-state index contributed by atoms with van der Waals surface area (Å²) in [7, 11) is 0. The zero-order valence-corrected chi connectivity index (χ0v) is 18.0. The number of benzene rings is 1. The Morgan fingerprint density at radius 3 is 2.58 bits per heavy atom. The molecule has 0 radical (unpaired) electrons. The molecule has 31 heavy (non-hydrogen) atoms. The molecule has 160 valence electrons. The molecule has 0 atom stereocenters. The van der Waals surface area contributed by atoms with Crippen LogP contribution in [0.3, 0.4) is 0 Å². The normalized spacial score (nSPS) is 16.5. The van der Waals surface area contributed by atoms with Gasteiger partial charge in [-0.1, -0.05) is 19.1 Å². The lowest BCUT2D eigenvalue weighted by molar-refractivity contribution is -0.126. The van der Waals surface area contributed by atoms with Crippen LogP contribution < -0.4 is 9.80 Å². The summed E-state index contributed by atoms with van der Waals surface area (Å²) >= 11 is 0. The molecule has 0 unspecified atom stereocenters. The van der Waals surface area contributed by atoms with Gasteiger partial charge in [0.05, 0.1) is 16.9 Å². The second kappa shape index (κ2) is 9.12. The smallest absolute Gasteiger partial charge is 0.246 e. The van der Waals surface area contributed by atoms with Gasteiger partial charge in [0, 0.05) is 63.0 Å². The van der Waals surface area contributed by atoms with Crippen LogP contribution in [-0.2, 0) is 16.0 Å². The number of aryl methyl sites for hydroxylation is 1. The van der Waals surface area contributed by atoms with Crippen LogP contribution in [0.1, 0.15) is 19.7 Å². The van der Waals surface area contributed by atoms with E-state index in [-0.39, 0.29) is 11.7 Å². The van der Waals surface area contributed by atoms with Crippen LogP contribution >= 0.6 is 0 Å². The fourth-order valence-corrected chi connectivity index (χ4v) is 3.94. The molecule has 2 aliphatic rings. The number of amides is 1. The first-order chi connectivity index (χ1) is 15.1. The molecule has 2 aromatic rings. The van der Waals surface area contributed by atoms with Gasteiger partial charge in [0.25, 0.3) is 0 Å². The van der Waals surface area contributed by atoms with E-state index in [4.69, 9.17) is 4.98 Å². The monoisotopic (exact) mass is 417 g/mol. The van der Waals surface area contributed by atoms with Crippen LogP contribution in [0.4, 0.5) is 11.4 Å². The number of hydrogen-bond acceptors (Lipinski definition) is 6. The number of aromatic nitrogens is 2. The Kier molecular flexibility index (Phi) is 6.11. The van der Waals surface area contributed by atoms with Crippen molar-refractivity contribution < 1.29 is 9.59 Å². The summed E-state index contributed by atoms with van der Waals surface area (Å²) < 4.78 is 0. The van der Waals surface area contributed by atoms with Crippen molar-refractivity contribution in [2.24, 2.45) is 0 Å². The molecule has 1 saturated heterocycles. The predicted molar refractivity (Wildman–Crippen MR) is 123 cm³/mol. The van der Waals surface area contributed by atoms with Gasteiger partial charge >= 0.3 is 0 Å². The molecule has 0 spiro atoms. The highest BCUT2D eigenvalue weighted by atomic mass is 16.2. The molecule has 4 rings (SSSR count). The van der Waals surface area contributed by atoms with Gasteiger partial charge in [-0.3, -0.25) is 9.59 Å². The van der Waals surface area contributed by atoms with E-state index in [0.29, 0.717) is 26.2 Å². The minimum atomic E-state index is -0.123. The van der Waals surface area contributed by atoms with E-state index in [0.717, 1.165) is 41.1 Å². The van der Waals surface area contributed by atoms with E-state index in [1.807, 2.05) is 18.3 Å². The Morgan fingerprint density at radius 2 is 1.90 bits per heavy atom. The second-order valence-corrected chi connectivity index (χ2v) is 7.68. The third-order valence-electron chi connectivity index (χ3n) is 5.57. The molecule has 1 aromatic heterocycles. The lowest BCUT2D eigenvalue weighted by Gasteiger charge is -2.38. The highest BCUT2D eigenvalue weighted by Gasteiger charge is 2.25. The topological polar surface area (TPSA) is 69.6 Å². The SMILES string of the molecule is CCc1ncc2c(N3CCN(C(=O)/C=C/C(C)=O)CC3)c(N3C=CC=CC3)ccc2n1. The van der Waals surface area contributed by atoms with Crippen LogP contribution in [0.5, 0.6) is 0 Å². The van der Waals surface area contributed by atoms with Crippen molar-refractivity contribution in [3.63, 3.8) is 0 Å². The summed E-state index contributed by atoms with van der Waals surface area (Å²) in [6.45, 7) is 6.90. The van der Waals surface area contributed by atoms with Crippen molar-refractivity contribution in [3.8, 4) is 0 Å². The first kappa shape index (κ1) is 20.8. The number of carbonyl (C=O) groups is 2. The van der Waals surface area contributed by atoms with E-state index in [1.165, 1.54) is 19.1 Å². The number of piperazine rings is 1. The molecule has 7 nitrogen and oxygen atoms in total. The summed E-state index contributed by atoms with van der Waals surface area (Å²) in [6.07, 6.45) is 13.7. The molecule has 0 N–H and O–H groups in total. The van der Waals surface area contributed by atoms with Crippen LogP contribution in [0, 0.1) is 0 Å². The largest absolute Gasteiger partial charge is 0.366 e. The highest BCUT2D eigenvalue weighted by Crippen LogP contribution is 2.37. The molecule has 3 heterocycles. The summed E-state index contributed by atoms with van der Waals surface area (Å²) in [4.78, 5) is 39.1. The lowest BCUT2D eigenvalue weighted by atomic mass is 10.1. The van der Waals surface area contributed by atoms with Crippen LogP contribution in [0.2, 0.25) is 0 Å². The molecule has 1 amide bonds.